The zero-order valence-corrected chi connectivity index (χ0v) is 15.8. The van der Waals surface area contributed by atoms with Gasteiger partial charge in [0.05, 0.1) is 27.2 Å². The number of carbonyl (C=O) groups is 1. The van der Waals surface area contributed by atoms with E-state index in [0.717, 1.165) is 28.8 Å². The average molecular weight is 380 g/mol. The third kappa shape index (κ3) is 2.31. The summed E-state index contributed by atoms with van der Waals surface area (Å²) in [6, 6.07) is 6.99. The van der Waals surface area contributed by atoms with Crippen molar-refractivity contribution in [3.63, 3.8) is 0 Å². The van der Waals surface area contributed by atoms with E-state index in [0.29, 0.717) is 35.0 Å². The third-order valence-electron chi connectivity index (χ3n) is 6.50. The molecule has 3 aromatic rings. The molecule has 1 saturated carbocycles. The van der Waals surface area contributed by atoms with E-state index in [1.807, 2.05) is 30.5 Å². The van der Waals surface area contributed by atoms with Gasteiger partial charge in [-0.1, -0.05) is 11.2 Å². The molecular weight excluding hydrogens is 360 g/mol. The van der Waals surface area contributed by atoms with Gasteiger partial charge >= 0.3 is 0 Å². The Morgan fingerprint density at radius 1 is 1.41 bits per heavy atom. The maximum absolute atomic E-state index is 13.3. The van der Waals surface area contributed by atoms with Crippen molar-refractivity contribution in [1.29, 1.82) is 0 Å². The number of hydrogen-bond donors (Lipinski definition) is 2. The van der Waals surface area contributed by atoms with Gasteiger partial charge in [0, 0.05) is 17.6 Å². The maximum Gasteiger partial charge on any atom is 0.259 e. The van der Waals surface area contributed by atoms with E-state index in [1.54, 1.807) is 11.3 Å². The Hall–Kier alpha value is -2.25. The van der Waals surface area contributed by atoms with Gasteiger partial charge in [-0.2, -0.15) is 0 Å². The quantitative estimate of drug-likeness (QED) is 0.729. The minimum atomic E-state index is -0.0321. The minimum Gasteiger partial charge on any atom is -0.346 e. The van der Waals surface area contributed by atoms with Gasteiger partial charge in [0.25, 0.3) is 11.6 Å². The van der Waals surface area contributed by atoms with Gasteiger partial charge in [0.15, 0.2) is 0 Å². The van der Waals surface area contributed by atoms with E-state index in [2.05, 4.69) is 20.8 Å². The number of hydrogen-bond acceptors (Lipinski definition) is 6. The van der Waals surface area contributed by atoms with Crippen LogP contribution in [0.25, 0.3) is 21.7 Å². The summed E-state index contributed by atoms with van der Waals surface area (Å²) in [6.45, 7) is 1.86. The molecule has 2 bridgehead atoms. The van der Waals surface area contributed by atoms with E-state index in [4.69, 9.17) is 4.52 Å². The first kappa shape index (κ1) is 15.8. The van der Waals surface area contributed by atoms with Crippen LogP contribution in [0.5, 0.6) is 0 Å². The molecule has 0 radical (unpaired) electrons. The Bertz CT molecular complexity index is 1060. The fraction of sp³-hybridized carbons (Fsp3) is 0.450. The van der Waals surface area contributed by atoms with Crippen molar-refractivity contribution in [2.45, 2.75) is 50.2 Å². The molecule has 3 fully saturated rings. The normalized spacial score (nSPS) is 31.1. The Balaban J connectivity index is 1.40. The Kier molecular flexibility index (Phi) is 3.15. The Morgan fingerprint density at radius 3 is 3.19 bits per heavy atom. The molecule has 6 rings (SSSR count). The van der Waals surface area contributed by atoms with Gasteiger partial charge in [-0.05, 0) is 56.0 Å². The van der Waals surface area contributed by atoms with E-state index in [9.17, 15) is 4.79 Å². The molecule has 27 heavy (non-hydrogen) atoms. The van der Waals surface area contributed by atoms with Crippen LogP contribution >= 0.6 is 11.3 Å². The molecule has 1 aliphatic carbocycles. The first-order valence-electron chi connectivity index (χ1n) is 9.52. The predicted octanol–water partition coefficient (Wildman–Crippen LogP) is 3.27. The Labute approximate surface area is 160 Å². The second-order valence-corrected chi connectivity index (χ2v) is 9.10. The molecule has 5 heterocycles. The fourth-order valence-electron chi connectivity index (χ4n) is 5.18. The second kappa shape index (κ2) is 5.39. The highest BCUT2D eigenvalue weighted by molar-refractivity contribution is 7.13. The molecule has 3 aromatic heterocycles. The smallest absolute Gasteiger partial charge is 0.259 e. The molecular formula is C20H20N4O2S. The van der Waals surface area contributed by atoms with E-state index >= 15 is 0 Å². The minimum absolute atomic E-state index is 0.0298. The predicted molar refractivity (Wildman–Crippen MR) is 103 cm³/mol. The Morgan fingerprint density at radius 2 is 2.33 bits per heavy atom. The van der Waals surface area contributed by atoms with Gasteiger partial charge < -0.3 is 15.2 Å². The molecule has 138 valence electrons. The summed E-state index contributed by atoms with van der Waals surface area (Å²) in [4.78, 5) is 18.9. The maximum atomic E-state index is 13.3. The van der Waals surface area contributed by atoms with E-state index in [1.165, 1.54) is 12.8 Å². The molecule has 2 saturated heterocycles. The summed E-state index contributed by atoms with van der Waals surface area (Å²) in [7, 11) is 0. The van der Waals surface area contributed by atoms with Gasteiger partial charge in [0.1, 0.15) is 0 Å². The number of rotatable bonds is 3. The van der Waals surface area contributed by atoms with Crippen LogP contribution < -0.4 is 10.6 Å². The first-order chi connectivity index (χ1) is 13.1. The van der Waals surface area contributed by atoms with Crippen molar-refractivity contribution in [1.82, 2.24) is 20.8 Å². The van der Waals surface area contributed by atoms with Crippen molar-refractivity contribution in [2.75, 3.05) is 0 Å². The summed E-state index contributed by atoms with van der Waals surface area (Å²) in [5.74, 6) is 0.535. The highest BCUT2D eigenvalue weighted by Gasteiger charge is 2.63. The van der Waals surface area contributed by atoms with Crippen LogP contribution in [0, 0.1) is 12.8 Å². The standard InChI is InChI=1S/C20H20N4O2S/c1-10-17-12(7-15(16-3-2-6-27-16)22-19(17)26-24-10)18(25)23-20-8-11-4-5-14(21-11)13(20)9-20/h2-3,6-7,11,13-14,21H,4-5,8-9H2,1H3,(H,23,25)/t11-,13+,14+,20-/m1/s1. The van der Waals surface area contributed by atoms with Gasteiger partial charge in [-0.3, -0.25) is 4.79 Å². The number of nitrogens with zero attached hydrogens (tertiary/aromatic N) is 2. The summed E-state index contributed by atoms with van der Waals surface area (Å²) >= 11 is 1.60. The van der Waals surface area contributed by atoms with Crippen molar-refractivity contribution in [3.05, 3.63) is 34.8 Å². The topological polar surface area (TPSA) is 80.0 Å². The number of piperidine rings is 1. The molecule has 0 spiro atoms. The highest BCUT2D eigenvalue weighted by Crippen LogP contribution is 2.55. The first-order valence-corrected chi connectivity index (χ1v) is 10.4. The number of aromatic nitrogens is 2. The summed E-state index contributed by atoms with van der Waals surface area (Å²) in [5, 5.41) is 13.9. The molecule has 2 N–H and O–H groups in total. The number of pyridine rings is 1. The lowest BCUT2D eigenvalue weighted by atomic mass is 9.98. The van der Waals surface area contributed by atoms with Gasteiger partial charge in [-0.25, -0.2) is 4.98 Å². The summed E-state index contributed by atoms with van der Waals surface area (Å²) in [5.41, 5.74) is 2.48. The van der Waals surface area contributed by atoms with Gasteiger partial charge in [-0.15, -0.1) is 11.3 Å². The largest absolute Gasteiger partial charge is 0.346 e. The van der Waals surface area contributed by atoms with Crippen LogP contribution in [0.15, 0.2) is 28.1 Å². The fourth-order valence-corrected chi connectivity index (χ4v) is 5.86. The molecule has 3 aliphatic rings. The van der Waals surface area contributed by atoms with Gasteiger partial charge in [0.2, 0.25) is 0 Å². The summed E-state index contributed by atoms with van der Waals surface area (Å²) < 4.78 is 5.40. The van der Waals surface area contributed by atoms with Crippen molar-refractivity contribution in [2.24, 2.45) is 5.92 Å². The van der Waals surface area contributed by atoms with Crippen LogP contribution in [0.3, 0.4) is 0 Å². The number of carbonyl (C=O) groups excluding carboxylic acids is 1. The second-order valence-electron chi connectivity index (χ2n) is 8.15. The average Bonchev–Trinajstić information content (AvgIpc) is 3.07. The molecule has 6 nitrogen and oxygen atoms in total. The summed E-state index contributed by atoms with van der Waals surface area (Å²) in [6.07, 6.45) is 4.58. The van der Waals surface area contributed by atoms with Crippen molar-refractivity contribution >= 4 is 28.3 Å². The molecule has 7 heteroatoms. The molecule has 1 amide bonds. The third-order valence-corrected chi connectivity index (χ3v) is 7.40. The monoisotopic (exact) mass is 380 g/mol. The molecule has 4 atom stereocenters. The highest BCUT2D eigenvalue weighted by atomic mass is 32.1. The number of aryl methyl sites for hydroxylation is 1. The number of thiophene rings is 1. The van der Waals surface area contributed by atoms with E-state index < -0.39 is 0 Å². The van der Waals surface area contributed by atoms with Crippen LogP contribution in [0.1, 0.15) is 41.7 Å². The number of nitrogens with one attached hydrogen (secondary N) is 2. The van der Waals surface area contributed by atoms with Crippen molar-refractivity contribution in [3.8, 4) is 10.6 Å². The molecule has 0 unspecified atom stereocenters. The van der Waals surface area contributed by atoms with Crippen molar-refractivity contribution < 1.29 is 9.32 Å². The lowest BCUT2D eigenvalue weighted by molar-refractivity contribution is 0.0917. The van der Waals surface area contributed by atoms with Crippen LogP contribution in [0.2, 0.25) is 0 Å². The molecule has 0 aromatic carbocycles. The van der Waals surface area contributed by atoms with Crippen LogP contribution in [-0.4, -0.2) is 33.7 Å². The zero-order chi connectivity index (χ0) is 18.2. The van der Waals surface area contributed by atoms with E-state index in [-0.39, 0.29) is 11.4 Å². The van der Waals surface area contributed by atoms with Crippen LogP contribution in [0.4, 0.5) is 0 Å². The SMILES string of the molecule is Cc1noc2nc(-c3cccs3)cc(C(=O)N[C@@]34C[C@H]5CC[C@H](N5)[C@@H]3C4)c12. The zero-order valence-electron chi connectivity index (χ0n) is 15.0. The lowest BCUT2D eigenvalue weighted by Gasteiger charge is -2.29. The number of fused-ring (bicyclic) bond motifs is 5. The number of amides is 1. The molecule has 2 aliphatic heterocycles. The van der Waals surface area contributed by atoms with Crippen LogP contribution in [-0.2, 0) is 0 Å². The lowest BCUT2D eigenvalue weighted by Crippen LogP contribution is -2.50.